The molecular weight excluding hydrogens is 226 g/mol. The molecule has 1 heterocycles. The Kier molecular flexibility index (Phi) is 5.45. The zero-order valence-corrected chi connectivity index (χ0v) is 12.8. The van der Waals surface area contributed by atoms with Crippen molar-refractivity contribution in [1.29, 1.82) is 0 Å². The number of nitrogens with zero attached hydrogens (tertiary/aromatic N) is 2. The van der Waals surface area contributed by atoms with Crippen LogP contribution in [0.15, 0.2) is 4.99 Å². The Morgan fingerprint density at radius 1 is 1.39 bits per heavy atom. The minimum absolute atomic E-state index is 0.203. The van der Waals surface area contributed by atoms with Gasteiger partial charge < -0.3 is 15.0 Å². The molecule has 1 rings (SSSR count). The molecular formula is C14H29N3O. The number of aliphatic imine (C=N–C) groups is 1. The highest BCUT2D eigenvalue weighted by atomic mass is 16.5. The van der Waals surface area contributed by atoms with Crippen molar-refractivity contribution in [3.8, 4) is 0 Å². The summed E-state index contributed by atoms with van der Waals surface area (Å²) in [5, 5.41) is 3.44. The third-order valence-electron chi connectivity index (χ3n) is 3.46. The lowest BCUT2D eigenvalue weighted by Gasteiger charge is -2.40. The van der Waals surface area contributed by atoms with E-state index in [1.54, 1.807) is 0 Å². The summed E-state index contributed by atoms with van der Waals surface area (Å²) in [6, 6.07) is 0. The van der Waals surface area contributed by atoms with E-state index in [0.717, 1.165) is 19.1 Å². The first-order valence-electron chi connectivity index (χ1n) is 6.86. The van der Waals surface area contributed by atoms with Crippen LogP contribution in [0.25, 0.3) is 0 Å². The molecule has 0 saturated carbocycles. The van der Waals surface area contributed by atoms with E-state index in [4.69, 9.17) is 4.74 Å². The number of rotatable bonds is 2. The maximum absolute atomic E-state index is 5.99. The third-order valence-corrected chi connectivity index (χ3v) is 3.46. The summed E-state index contributed by atoms with van der Waals surface area (Å²) >= 11 is 0. The van der Waals surface area contributed by atoms with Crippen molar-refractivity contribution in [3.63, 3.8) is 0 Å². The fourth-order valence-corrected chi connectivity index (χ4v) is 2.67. The number of hydrogen-bond donors (Lipinski definition) is 1. The van der Waals surface area contributed by atoms with Crippen LogP contribution in [-0.2, 0) is 4.74 Å². The minimum atomic E-state index is 0.203. The van der Waals surface area contributed by atoms with E-state index in [1.165, 1.54) is 12.8 Å². The Labute approximate surface area is 112 Å². The van der Waals surface area contributed by atoms with Gasteiger partial charge in [0.05, 0.1) is 6.10 Å². The van der Waals surface area contributed by atoms with Crippen molar-refractivity contribution < 1.29 is 4.74 Å². The molecule has 0 bridgehead atoms. The molecule has 0 spiro atoms. The standard InChI is InChI=1S/C14H29N3O/c1-14(2,3)12-11(8-7-9-18-12)10-16-13(15-4)17(5)6/h11-12H,7-10H2,1-6H3,(H,15,16). The van der Waals surface area contributed by atoms with Crippen molar-refractivity contribution in [1.82, 2.24) is 10.2 Å². The van der Waals surface area contributed by atoms with E-state index in [9.17, 15) is 0 Å². The molecule has 0 aliphatic carbocycles. The first kappa shape index (κ1) is 15.3. The molecule has 1 fully saturated rings. The Hall–Kier alpha value is -0.770. The van der Waals surface area contributed by atoms with E-state index in [-0.39, 0.29) is 5.41 Å². The SMILES string of the molecule is CN=C(NCC1CCCOC1C(C)(C)C)N(C)C. The molecule has 0 aromatic heterocycles. The maximum atomic E-state index is 5.99. The number of guanidine groups is 1. The smallest absolute Gasteiger partial charge is 0.193 e. The summed E-state index contributed by atoms with van der Waals surface area (Å²) in [6.45, 7) is 8.62. The first-order chi connectivity index (χ1) is 8.36. The molecule has 0 amide bonds. The highest BCUT2D eigenvalue weighted by Gasteiger charge is 2.35. The van der Waals surface area contributed by atoms with Gasteiger partial charge in [-0.15, -0.1) is 0 Å². The van der Waals surface area contributed by atoms with Crippen molar-refractivity contribution in [2.24, 2.45) is 16.3 Å². The van der Waals surface area contributed by atoms with Gasteiger partial charge in [-0.2, -0.15) is 0 Å². The lowest BCUT2D eigenvalue weighted by molar-refractivity contribution is -0.0836. The molecule has 4 heteroatoms. The molecule has 1 N–H and O–H groups in total. The van der Waals surface area contributed by atoms with Crippen LogP contribution in [-0.4, -0.2) is 51.3 Å². The molecule has 4 nitrogen and oxygen atoms in total. The lowest BCUT2D eigenvalue weighted by Crippen LogP contribution is -2.47. The van der Waals surface area contributed by atoms with Gasteiger partial charge in [-0.05, 0) is 18.3 Å². The molecule has 1 aliphatic rings. The summed E-state index contributed by atoms with van der Waals surface area (Å²) in [5.41, 5.74) is 0.203. The zero-order chi connectivity index (χ0) is 13.8. The van der Waals surface area contributed by atoms with Gasteiger partial charge in [0.1, 0.15) is 0 Å². The number of ether oxygens (including phenoxy) is 1. The number of nitrogens with one attached hydrogen (secondary N) is 1. The highest BCUT2D eigenvalue weighted by molar-refractivity contribution is 5.79. The molecule has 2 atom stereocenters. The van der Waals surface area contributed by atoms with E-state index in [1.807, 2.05) is 26.0 Å². The second-order valence-electron chi connectivity index (χ2n) is 6.38. The molecule has 2 unspecified atom stereocenters. The van der Waals surface area contributed by atoms with Crippen LogP contribution in [0.3, 0.4) is 0 Å². The summed E-state index contributed by atoms with van der Waals surface area (Å²) in [5.74, 6) is 1.50. The van der Waals surface area contributed by atoms with Crippen molar-refractivity contribution >= 4 is 5.96 Å². The van der Waals surface area contributed by atoms with Crippen molar-refractivity contribution in [2.45, 2.75) is 39.7 Å². The van der Waals surface area contributed by atoms with Crippen LogP contribution in [0.5, 0.6) is 0 Å². The Balaban J connectivity index is 2.58. The van der Waals surface area contributed by atoms with Crippen LogP contribution >= 0.6 is 0 Å². The minimum Gasteiger partial charge on any atom is -0.377 e. The van der Waals surface area contributed by atoms with Crippen LogP contribution in [0.2, 0.25) is 0 Å². The van der Waals surface area contributed by atoms with Crippen LogP contribution in [0, 0.1) is 11.3 Å². The van der Waals surface area contributed by atoms with Gasteiger partial charge in [-0.3, -0.25) is 4.99 Å². The van der Waals surface area contributed by atoms with Crippen molar-refractivity contribution in [2.75, 3.05) is 34.3 Å². The topological polar surface area (TPSA) is 36.9 Å². The average Bonchev–Trinajstić information content (AvgIpc) is 2.28. The summed E-state index contributed by atoms with van der Waals surface area (Å²) in [6.07, 6.45) is 2.73. The highest BCUT2D eigenvalue weighted by Crippen LogP contribution is 2.33. The fraction of sp³-hybridized carbons (Fsp3) is 0.929. The molecule has 106 valence electrons. The Morgan fingerprint density at radius 2 is 2.06 bits per heavy atom. The summed E-state index contributed by atoms with van der Waals surface area (Å²) in [4.78, 5) is 6.26. The number of hydrogen-bond acceptors (Lipinski definition) is 2. The molecule has 1 saturated heterocycles. The Morgan fingerprint density at radius 3 is 2.56 bits per heavy atom. The molecule has 0 radical (unpaired) electrons. The van der Waals surface area contributed by atoms with Gasteiger partial charge >= 0.3 is 0 Å². The predicted octanol–water partition coefficient (Wildman–Crippen LogP) is 1.96. The summed E-state index contributed by atoms with van der Waals surface area (Å²) in [7, 11) is 5.84. The van der Waals surface area contributed by atoms with Crippen LogP contribution in [0.4, 0.5) is 0 Å². The second kappa shape index (κ2) is 6.41. The zero-order valence-electron chi connectivity index (χ0n) is 12.8. The van der Waals surface area contributed by atoms with E-state index in [2.05, 4.69) is 31.1 Å². The van der Waals surface area contributed by atoms with Gasteiger partial charge in [-0.25, -0.2) is 0 Å². The fourth-order valence-electron chi connectivity index (χ4n) is 2.67. The third kappa shape index (κ3) is 4.16. The van der Waals surface area contributed by atoms with Gasteiger partial charge in [0, 0.05) is 40.2 Å². The molecule has 0 aromatic carbocycles. The van der Waals surface area contributed by atoms with Gasteiger partial charge in [-0.1, -0.05) is 20.8 Å². The van der Waals surface area contributed by atoms with E-state index in [0.29, 0.717) is 12.0 Å². The van der Waals surface area contributed by atoms with Gasteiger partial charge in [0.25, 0.3) is 0 Å². The largest absolute Gasteiger partial charge is 0.377 e. The maximum Gasteiger partial charge on any atom is 0.193 e. The first-order valence-corrected chi connectivity index (χ1v) is 6.86. The lowest BCUT2D eigenvalue weighted by atomic mass is 9.78. The molecule has 18 heavy (non-hydrogen) atoms. The normalized spacial score (nSPS) is 26.0. The Bertz CT molecular complexity index is 281. The van der Waals surface area contributed by atoms with Gasteiger partial charge in [0.15, 0.2) is 5.96 Å². The van der Waals surface area contributed by atoms with Crippen molar-refractivity contribution in [3.05, 3.63) is 0 Å². The quantitative estimate of drug-likeness (QED) is 0.605. The van der Waals surface area contributed by atoms with E-state index < -0.39 is 0 Å². The predicted molar refractivity (Wildman–Crippen MR) is 77.0 cm³/mol. The van der Waals surface area contributed by atoms with E-state index >= 15 is 0 Å². The van der Waals surface area contributed by atoms with Crippen LogP contribution in [0.1, 0.15) is 33.6 Å². The van der Waals surface area contributed by atoms with Crippen LogP contribution < -0.4 is 5.32 Å². The summed E-state index contributed by atoms with van der Waals surface area (Å²) < 4.78 is 5.99. The molecule has 0 aromatic rings. The monoisotopic (exact) mass is 255 g/mol. The second-order valence-corrected chi connectivity index (χ2v) is 6.38. The average molecular weight is 255 g/mol. The van der Waals surface area contributed by atoms with Gasteiger partial charge in [0.2, 0.25) is 0 Å². The molecule has 1 aliphatic heterocycles.